The molecule has 0 aromatic heterocycles. The first-order valence-electron chi connectivity index (χ1n) is 7.82. The molecule has 2 aromatic carbocycles. The zero-order valence-electron chi connectivity index (χ0n) is 14.4. The van der Waals surface area contributed by atoms with Crippen molar-refractivity contribution in [2.24, 2.45) is 0 Å². The highest BCUT2D eigenvalue weighted by atomic mass is 35.5. The lowest BCUT2D eigenvalue weighted by Gasteiger charge is -2.20. The molecule has 0 bridgehead atoms. The van der Waals surface area contributed by atoms with Crippen LogP contribution in [-0.2, 0) is 10.9 Å². The predicted octanol–water partition coefficient (Wildman–Crippen LogP) is 5.20. The lowest BCUT2D eigenvalue weighted by Crippen LogP contribution is -2.31. The second-order valence-corrected chi connectivity index (χ2v) is 5.86. The Balaban J connectivity index is 2.13. The van der Waals surface area contributed by atoms with Crippen molar-refractivity contribution in [2.75, 3.05) is 23.9 Å². The molecule has 5 nitrogen and oxygen atoms in total. The summed E-state index contributed by atoms with van der Waals surface area (Å²) in [6.07, 6.45) is -4.63. The lowest BCUT2D eigenvalue weighted by atomic mass is 10.2. The van der Waals surface area contributed by atoms with Crippen molar-refractivity contribution in [1.29, 1.82) is 0 Å². The second kappa shape index (κ2) is 8.30. The van der Waals surface area contributed by atoms with E-state index >= 15 is 0 Å². The van der Waals surface area contributed by atoms with E-state index in [1.165, 1.54) is 37.4 Å². The molecule has 0 aliphatic carbocycles. The van der Waals surface area contributed by atoms with E-state index < -0.39 is 28.8 Å². The minimum atomic E-state index is -4.63. The van der Waals surface area contributed by atoms with Crippen LogP contribution in [0.2, 0.25) is 5.02 Å². The maximum Gasteiger partial charge on any atom is 0.417 e. The fourth-order valence-corrected chi connectivity index (χ4v) is 2.39. The number of carbonyl (C=O) groups is 2. The van der Waals surface area contributed by atoms with Crippen LogP contribution >= 0.6 is 11.6 Å². The van der Waals surface area contributed by atoms with Crippen LogP contribution in [0.3, 0.4) is 0 Å². The Labute approximate surface area is 158 Å². The van der Waals surface area contributed by atoms with Gasteiger partial charge in [-0.25, -0.2) is 9.59 Å². The smallest absolute Gasteiger partial charge is 0.417 e. The first-order chi connectivity index (χ1) is 12.6. The summed E-state index contributed by atoms with van der Waals surface area (Å²) in [4.78, 5) is 24.9. The van der Waals surface area contributed by atoms with Crippen LogP contribution in [0.5, 0.6) is 0 Å². The fourth-order valence-electron chi connectivity index (χ4n) is 2.17. The van der Waals surface area contributed by atoms with Crippen LogP contribution in [-0.4, -0.2) is 25.7 Å². The molecule has 0 aliphatic rings. The van der Waals surface area contributed by atoms with Gasteiger partial charge in [-0.05, 0) is 49.4 Å². The number of anilines is 2. The van der Waals surface area contributed by atoms with Crippen molar-refractivity contribution in [1.82, 2.24) is 0 Å². The van der Waals surface area contributed by atoms with Crippen molar-refractivity contribution in [2.45, 2.75) is 13.1 Å². The van der Waals surface area contributed by atoms with E-state index in [9.17, 15) is 22.8 Å². The first-order valence-corrected chi connectivity index (χ1v) is 8.20. The number of esters is 1. The van der Waals surface area contributed by atoms with E-state index in [0.717, 1.165) is 17.0 Å². The summed E-state index contributed by atoms with van der Waals surface area (Å²) in [5.74, 6) is -0.492. The predicted molar refractivity (Wildman–Crippen MR) is 96.3 cm³/mol. The van der Waals surface area contributed by atoms with Crippen LogP contribution in [0, 0.1) is 0 Å². The summed E-state index contributed by atoms with van der Waals surface area (Å²) in [6.45, 7) is 1.92. The Bertz CT molecular complexity index is 839. The van der Waals surface area contributed by atoms with Crippen LogP contribution in [0.25, 0.3) is 0 Å². The Morgan fingerprint density at radius 1 is 1.15 bits per heavy atom. The van der Waals surface area contributed by atoms with Gasteiger partial charge < -0.3 is 10.1 Å². The van der Waals surface area contributed by atoms with Crippen LogP contribution in [0.4, 0.5) is 29.3 Å². The van der Waals surface area contributed by atoms with E-state index in [0.29, 0.717) is 11.3 Å². The van der Waals surface area contributed by atoms with Gasteiger partial charge in [0, 0.05) is 18.4 Å². The Kier molecular flexibility index (Phi) is 6.32. The summed E-state index contributed by atoms with van der Waals surface area (Å²) < 4.78 is 43.7. The second-order valence-electron chi connectivity index (χ2n) is 5.45. The highest BCUT2D eigenvalue weighted by Crippen LogP contribution is 2.36. The van der Waals surface area contributed by atoms with Crippen molar-refractivity contribution in [3.8, 4) is 0 Å². The molecule has 0 radical (unpaired) electrons. The molecule has 27 heavy (non-hydrogen) atoms. The monoisotopic (exact) mass is 400 g/mol. The van der Waals surface area contributed by atoms with Crippen LogP contribution in [0.1, 0.15) is 22.8 Å². The zero-order valence-corrected chi connectivity index (χ0v) is 15.2. The summed E-state index contributed by atoms with van der Waals surface area (Å²) in [7, 11) is 1.33. The molecule has 0 saturated carbocycles. The molecular weight excluding hydrogens is 385 g/mol. The largest absolute Gasteiger partial charge is 0.462 e. The molecule has 9 heteroatoms. The van der Waals surface area contributed by atoms with Gasteiger partial charge in [0.2, 0.25) is 0 Å². The minimum absolute atomic E-state index is 0.0207. The number of hydrogen-bond donors (Lipinski definition) is 1. The number of carbonyl (C=O) groups excluding carboxylic acids is 2. The number of halogens is 4. The number of rotatable bonds is 4. The van der Waals surface area contributed by atoms with E-state index in [1.807, 2.05) is 0 Å². The summed E-state index contributed by atoms with van der Waals surface area (Å²) in [6, 6.07) is 8.44. The minimum Gasteiger partial charge on any atom is -0.462 e. The SMILES string of the molecule is CCOC(=O)c1ccc(NC(=O)N(C)c2ccc(Cl)c(C(F)(F)F)c2)cc1. The first kappa shape index (κ1) is 20.6. The Morgan fingerprint density at radius 2 is 1.78 bits per heavy atom. The average Bonchev–Trinajstić information content (AvgIpc) is 2.61. The molecule has 0 fully saturated rings. The molecule has 2 rings (SSSR count). The number of urea groups is 1. The molecular formula is C18H16ClF3N2O3. The van der Waals surface area contributed by atoms with Crippen LogP contribution < -0.4 is 10.2 Å². The third-order valence-electron chi connectivity index (χ3n) is 3.59. The number of alkyl halides is 3. The molecule has 0 heterocycles. The average molecular weight is 401 g/mol. The molecule has 0 atom stereocenters. The highest BCUT2D eigenvalue weighted by Gasteiger charge is 2.33. The van der Waals surface area contributed by atoms with Crippen molar-refractivity contribution >= 4 is 35.0 Å². The fraction of sp³-hybridized carbons (Fsp3) is 0.222. The molecule has 1 N–H and O–H groups in total. The van der Waals surface area contributed by atoms with Crippen LogP contribution in [0.15, 0.2) is 42.5 Å². The molecule has 0 unspecified atom stereocenters. The van der Waals surface area contributed by atoms with Gasteiger partial charge in [-0.2, -0.15) is 13.2 Å². The van der Waals surface area contributed by atoms with Gasteiger partial charge in [-0.15, -0.1) is 0 Å². The lowest BCUT2D eigenvalue weighted by molar-refractivity contribution is -0.137. The number of nitrogens with zero attached hydrogens (tertiary/aromatic N) is 1. The standard InChI is InChI=1S/C18H16ClF3N2O3/c1-3-27-16(25)11-4-6-12(7-5-11)23-17(26)24(2)13-8-9-15(19)14(10-13)18(20,21)22/h4-10H,3H2,1-2H3,(H,23,26). The summed E-state index contributed by atoms with van der Waals surface area (Å²) in [5, 5.41) is 2.08. The van der Waals surface area contributed by atoms with Gasteiger partial charge in [0.1, 0.15) is 0 Å². The van der Waals surface area contributed by atoms with Crippen molar-refractivity contribution in [3.05, 3.63) is 58.6 Å². The van der Waals surface area contributed by atoms with Gasteiger partial charge in [-0.1, -0.05) is 11.6 Å². The van der Waals surface area contributed by atoms with Crippen molar-refractivity contribution in [3.63, 3.8) is 0 Å². The molecule has 0 saturated heterocycles. The molecule has 144 valence electrons. The van der Waals surface area contributed by atoms with E-state index in [1.54, 1.807) is 6.92 Å². The Morgan fingerprint density at radius 3 is 2.33 bits per heavy atom. The van der Waals surface area contributed by atoms with E-state index in [2.05, 4.69) is 5.32 Å². The summed E-state index contributed by atoms with van der Waals surface area (Å²) in [5.41, 5.74) is -0.326. The summed E-state index contributed by atoms with van der Waals surface area (Å²) >= 11 is 5.58. The topological polar surface area (TPSA) is 58.6 Å². The number of hydrogen-bond acceptors (Lipinski definition) is 3. The van der Waals surface area contributed by atoms with Gasteiger partial charge in [-0.3, -0.25) is 4.90 Å². The van der Waals surface area contributed by atoms with E-state index in [4.69, 9.17) is 16.3 Å². The molecule has 2 amide bonds. The molecule has 0 aliphatic heterocycles. The van der Waals surface area contributed by atoms with Crippen molar-refractivity contribution < 1.29 is 27.5 Å². The quantitative estimate of drug-likeness (QED) is 0.717. The van der Waals surface area contributed by atoms with E-state index in [-0.39, 0.29) is 12.3 Å². The number of nitrogens with one attached hydrogen (secondary N) is 1. The maximum atomic E-state index is 13.0. The van der Waals surface area contributed by atoms with Gasteiger partial charge >= 0.3 is 18.2 Å². The third-order valence-corrected chi connectivity index (χ3v) is 3.92. The zero-order chi connectivity index (χ0) is 20.2. The normalized spacial score (nSPS) is 11.0. The number of benzene rings is 2. The molecule has 0 spiro atoms. The highest BCUT2D eigenvalue weighted by molar-refractivity contribution is 6.31. The van der Waals surface area contributed by atoms with Gasteiger partial charge in [0.25, 0.3) is 0 Å². The number of amides is 2. The third kappa shape index (κ3) is 5.13. The maximum absolute atomic E-state index is 13.0. The Hall–Kier alpha value is -2.74. The van der Waals surface area contributed by atoms with Gasteiger partial charge in [0.05, 0.1) is 22.8 Å². The number of ether oxygens (including phenoxy) is 1. The van der Waals surface area contributed by atoms with Gasteiger partial charge in [0.15, 0.2) is 0 Å². The molecule has 2 aromatic rings.